The number of nitrogens with zero attached hydrogens (tertiary/aromatic N) is 1. The van der Waals surface area contributed by atoms with Gasteiger partial charge in [-0.3, -0.25) is 0 Å². The van der Waals surface area contributed by atoms with E-state index >= 15 is 0 Å². The summed E-state index contributed by atoms with van der Waals surface area (Å²) in [4.78, 5) is 15.0. The summed E-state index contributed by atoms with van der Waals surface area (Å²) < 4.78 is 14.5. The van der Waals surface area contributed by atoms with Gasteiger partial charge in [-0.05, 0) is 0 Å². The van der Waals surface area contributed by atoms with Gasteiger partial charge in [0.15, 0.2) is 22.3 Å². The van der Waals surface area contributed by atoms with Gasteiger partial charge in [-0.25, -0.2) is 9.78 Å². The summed E-state index contributed by atoms with van der Waals surface area (Å²) in [6.07, 6.45) is 0. The molecule has 6 heteroatoms. The Bertz CT molecular complexity index is 381. The molecule has 0 aromatic carbocycles. The summed E-state index contributed by atoms with van der Waals surface area (Å²) in [5.41, 5.74) is 0.0696. The van der Waals surface area contributed by atoms with Crippen LogP contribution < -0.4 is 9.47 Å². The lowest BCUT2D eigenvalue weighted by Crippen LogP contribution is -2.06. The zero-order valence-electron chi connectivity index (χ0n) is 8.54. The first-order valence-electron chi connectivity index (χ1n) is 4.00. The number of halogens is 1. The van der Waals surface area contributed by atoms with Crippen LogP contribution in [0.2, 0.25) is 5.15 Å². The molecule has 1 rings (SSSR count). The van der Waals surface area contributed by atoms with E-state index in [0.29, 0.717) is 5.75 Å². The fourth-order valence-electron chi connectivity index (χ4n) is 1.03. The second kappa shape index (κ2) is 4.84. The Labute approximate surface area is 91.9 Å². The van der Waals surface area contributed by atoms with Crippen molar-refractivity contribution in [2.45, 2.75) is 0 Å². The van der Waals surface area contributed by atoms with Gasteiger partial charge in [0.1, 0.15) is 0 Å². The molecule has 5 nitrogen and oxygen atoms in total. The maximum absolute atomic E-state index is 11.2. The van der Waals surface area contributed by atoms with Crippen LogP contribution in [0.5, 0.6) is 11.5 Å². The van der Waals surface area contributed by atoms with E-state index in [-0.39, 0.29) is 16.6 Å². The summed E-state index contributed by atoms with van der Waals surface area (Å²) in [5, 5.41) is 0.0530. The Hall–Kier alpha value is -1.49. The molecule has 0 saturated carbocycles. The van der Waals surface area contributed by atoms with Gasteiger partial charge in [0.25, 0.3) is 0 Å². The molecule has 15 heavy (non-hydrogen) atoms. The monoisotopic (exact) mass is 231 g/mol. The molecule has 1 aromatic rings. The van der Waals surface area contributed by atoms with Crippen molar-refractivity contribution in [3.8, 4) is 11.5 Å². The molecular formula is C9H10ClNO4. The van der Waals surface area contributed by atoms with Gasteiger partial charge in [-0.2, -0.15) is 0 Å². The van der Waals surface area contributed by atoms with E-state index in [1.165, 1.54) is 27.4 Å². The third kappa shape index (κ3) is 2.30. The Balaban J connectivity index is 3.25. The number of hydrogen-bond acceptors (Lipinski definition) is 5. The quantitative estimate of drug-likeness (QED) is 0.583. The number of aromatic nitrogens is 1. The average Bonchev–Trinajstić information content (AvgIpc) is 2.26. The number of ether oxygens (including phenoxy) is 3. The van der Waals surface area contributed by atoms with Crippen LogP contribution in [0.25, 0.3) is 0 Å². The van der Waals surface area contributed by atoms with Gasteiger partial charge in [-0.15, -0.1) is 0 Å². The smallest absolute Gasteiger partial charge is 0.356 e. The minimum atomic E-state index is -0.585. The molecule has 82 valence electrons. The number of rotatable bonds is 3. The van der Waals surface area contributed by atoms with E-state index in [4.69, 9.17) is 21.1 Å². The topological polar surface area (TPSA) is 57.7 Å². The number of methoxy groups -OCH3 is 3. The first-order chi connectivity index (χ1) is 7.13. The number of pyridine rings is 1. The van der Waals surface area contributed by atoms with Crippen LogP contribution in [0.1, 0.15) is 10.5 Å². The van der Waals surface area contributed by atoms with Crippen LogP contribution in [0.15, 0.2) is 6.07 Å². The zero-order valence-corrected chi connectivity index (χ0v) is 9.29. The number of hydrogen-bond donors (Lipinski definition) is 0. The Kier molecular flexibility index (Phi) is 3.74. The highest BCUT2D eigenvalue weighted by atomic mass is 35.5. The van der Waals surface area contributed by atoms with Crippen molar-refractivity contribution in [3.63, 3.8) is 0 Å². The maximum Gasteiger partial charge on any atom is 0.356 e. The lowest BCUT2D eigenvalue weighted by Gasteiger charge is -2.09. The first-order valence-corrected chi connectivity index (χ1v) is 4.38. The van der Waals surface area contributed by atoms with E-state index < -0.39 is 5.97 Å². The zero-order chi connectivity index (χ0) is 11.4. The molecular weight excluding hydrogens is 222 g/mol. The van der Waals surface area contributed by atoms with Crippen molar-refractivity contribution in [2.75, 3.05) is 21.3 Å². The molecule has 0 amide bonds. The SMILES string of the molecule is COC(=O)c1cc(OC)c(OC)c(Cl)n1. The predicted molar refractivity (Wildman–Crippen MR) is 53.7 cm³/mol. The standard InChI is InChI=1S/C9H10ClNO4/c1-13-6-4-5(9(12)15-3)11-8(10)7(6)14-2/h4H,1-3H3. The Morgan fingerprint density at radius 3 is 2.47 bits per heavy atom. The molecule has 0 N–H and O–H groups in total. The van der Waals surface area contributed by atoms with Crippen molar-refractivity contribution < 1.29 is 19.0 Å². The van der Waals surface area contributed by atoms with E-state index in [1.54, 1.807) is 0 Å². The Morgan fingerprint density at radius 1 is 1.33 bits per heavy atom. The molecule has 0 bridgehead atoms. The second-order valence-electron chi connectivity index (χ2n) is 2.53. The molecule has 1 heterocycles. The maximum atomic E-state index is 11.2. The highest BCUT2D eigenvalue weighted by Crippen LogP contribution is 2.33. The minimum absolute atomic E-state index is 0.0530. The molecule has 0 radical (unpaired) electrons. The first kappa shape index (κ1) is 11.6. The van der Waals surface area contributed by atoms with Gasteiger partial charge >= 0.3 is 5.97 Å². The number of esters is 1. The molecule has 0 aliphatic rings. The predicted octanol–water partition coefficient (Wildman–Crippen LogP) is 1.54. The fourth-order valence-corrected chi connectivity index (χ4v) is 1.29. The highest BCUT2D eigenvalue weighted by Gasteiger charge is 2.16. The van der Waals surface area contributed by atoms with E-state index in [9.17, 15) is 4.79 Å². The second-order valence-corrected chi connectivity index (χ2v) is 2.88. The number of carbonyl (C=O) groups excluding carboxylic acids is 1. The lowest BCUT2D eigenvalue weighted by atomic mass is 10.3. The number of carbonyl (C=O) groups is 1. The summed E-state index contributed by atoms with van der Waals surface area (Å²) in [5.74, 6) is 0.0302. The molecule has 0 spiro atoms. The van der Waals surface area contributed by atoms with Crippen LogP contribution in [-0.4, -0.2) is 32.3 Å². The van der Waals surface area contributed by atoms with Gasteiger partial charge < -0.3 is 14.2 Å². The van der Waals surface area contributed by atoms with Crippen LogP contribution in [0.4, 0.5) is 0 Å². The van der Waals surface area contributed by atoms with Crippen molar-refractivity contribution in [1.29, 1.82) is 0 Å². The van der Waals surface area contributed by atoms with E-state index in [1.807, 2.05) is 0 Å². The van der Waals surface area contributed by atoms with E-state index in [0.717, 1.165) is 0 Å². The van der Waals surface area contributed by atoms with Gasteiger partial charge in [0.05, 0.1) is 21.3 Å². The molecule has 0 aliphatic heterocycles. The molecule has 0 fully saturated rings. The van der Waals surface area contributed by atoms with Crippen LogP contribution in [-0.2, 0) is 4.74 Å². The third-order valence-electron chi connectivity index (χ3n) is 1.72. The van der Waals surface area contributed by atoms with E-state index in [2.05, 4.69) is 9.72 Å². The largest absolute Gasteiger partial charge is 0.493 e. The molecule has 0 unspecified atom stereocenters. The third-order valence-corrected chi connectivity index (χ3v) is 1.97. The highest BCUT2D eigenvalue weighted by molar-refractivity contribution is 6.31. The van der Waals surface area contributed by atoms with Crippen molar-refractivity contribution >= 4 is 17.6 Å². The normalized spacial score (nSPS) is 9.60. The van der Waals surface area contributed by atoms with Crippen molar-refractivity contribution in [1.82, 2.24) is 4.98 Å². The summed E-state index contributed by atoms with van der Waals surface area (Å²) in [7, 11) is 4.13. The molecule has 1 aromatic heterocycles. The lowest BCUT2D eigenvalue weighted by molar-refractivity contribution is 0.0593. The molecule has 0 aliphatic carbocycles. The summed E-state index contributed by atoms with van der Waals surface area (Å²) in [6.45, 7) is 0. The molecule has 0 atom stereocenters. The van der Waals surface area contributed by atoms with Gasteiger partial charge in [-0.1, -0.05) is 11.6 Å². The molecule has 0 saturated heterocycles. The average molecular weight is 232 g/mol. The Morgan fingerprint density at radius 2 is 2.00 bits per heavy atom. The van der Waals surface area contributed by atoms with Crippen LogP contribution in [0.3, 0.4) is 0 Å². The summed E-state index contributed by atoms with van der Waals surface area (Å²) in [6, 6.07) is 1.40. The fraction of sp³-hybridized carbons (Fsp3) is 0.333. The minimum Gasteiger partial charge on any atom is -0.493 e. The summed E-state index contributed by atoms with van der Waals surface area (Å²) >= 11 is 5.79. The van der Waals surface area contributed by atoms with Crippen molar-refractivity contribution in [3.05, 3.63) is 16.9 Å². The van der Waals surface area contributed by atoms with Crippen molar-refractivity contribution in [2.24, 2.45) is 0 Å². The van der Waals surface area contributed by atoms with Crippen LogP contribution in [0, 0.1) is 0 Å². The van der Waals surface area contributed by atoms with Crippen LogP contribution >= 0.6 is 11.6 Å². The van der Waals surface area contributed by atoms with Gasteiger partial charge in [0, 0.05) is 6.07 Å². The van der Waals surface area contributed by atoms with Gasteiger partial charge in [0.2, 0.25) is 0 Å².